The van der Waals surface area contributed by atoms with Gasteiger partial charge in [0.05, 0.1) is 11.2 Å². The zero-order chi connectivity index (χ0) is 33.8. The Morgan fingerprint density at radius 2 is 1.60 bits per heavy atom. The predicted molar refractivity (Wildman–Crippen MR) is 188 cm³/mol. The minimum absolute atomic E-state index is 0.0376. The van der Waals surface area contributed by atoms with Crippen LogP contribution in [0.2, 0.25) is 0 Å². The lowest BCUT2D eigenvalue weighted by atomic mass is 9.91. The fourth-order valence-corrected chi connectivity index (χ4v) is 7.27. The van der Waals surface area contributed by atoms with Gasteiger partial charge in [0.25, 0.3) is 5.91 Å². The van der Waals surface area contributed by atoms with Gasteiger partial charge in [-0.2, -0.15) is 0 Å². The first-order chi connectivity index (χ1) is 23.1. The van der Waals surface area contributed by atoms with Crippen molar-refractivity contribution < 1.29 is 24.3 Å². The lowest BCUT2D eigenvalue weighted by molar-refractivity contribution is -0.131. The van der Waals surface area contributed by atoms with Gasteiger partial charge in [0.1, 0.15) is 12.1 Å². The number of carboxylic acid groups (broad SMARTS) is 1. The smallest absolute Gasteiger partial charge is 0.328 e. The van der Waals surface area contributed by atoms with Gasteiger partial charge >= 0.3 is 5.97 Å². The van der Waals surface area contributed by atoms with Crippen molar-refractivity contribution in [1.29, 1.82) is 0 Å². The molecule has 0 spiro atoms. The van der Waals surface area contributed by atoms with E-state index in [0.29, 0.717) is 35.6 Å². The number of aliphatic carboxylic acids is 1. The van der Waals surface area contributed by atoms with E-state index in [1.807, 2.05) is 36.4 Å². The molecule has 2 aliphatic rings. The molecule has 0 unspecified atom stereocenters. The Morgan fingerprint density at radius 1 is 0.917 bits per heavy atom. The molecule has 2 saturated carbocycles. The van der Waals surface area contributed by atoms with E-state index in [9.17, 15) is 19.2 Å². The van der Waals surface area contributed by atoms with Crippen molar-refractivity contribution in [2.45, 2.75) is 69.4 Å². The standard InChI is InChI=1S/C39H42N4O5/c1-42(2)33(44)25-43-32-24-29(17-20-31(32)35(27-10-6-7-11-27)36(43)28-12-4-3-5-13-28)37(47)41-39(22-8-9-23-39)38(48)40-30-18-14-26(15-19-30)16-21-34(45)46/h3-5,12-21,24,27H,6-11,22-23,25H2,1-2H3,(H,40,48)(H,41,47)(H,45,46)/b21-16+. The number of nitrogens with one attached hydrogen (secondary N) is 2. The van der Waals surface area contributed by atoms with E-state index >= 15 is 0 Å². The molecule has 0 aliphatic heterocycles. The van der Waals surface area contributed by atoms with Gasteiger partial charge in [-0.15, -0.1) is 0 Å². The van der Waals surface area contributed by atoms with Crippen LogP contribution in [0.1, 0.15) is 78.8 Å². The summed E-state index contributed by atoms with van der Waals surface area (Å²) in [4.78, 5) is 53.4. The highest BCUT2D eigenvalue weighted by Gasteiger charge is 2.43. The molecular weight excluding hydrogens is 604 g/mol. The van der Waals surface area contributed by atoms with Gasteiger partial charge in [0.15, 0.2) is 0 Å². The summed E-state index contributed by atoms with van der Waals surface area (Å²) in [5.41, 5.74) is 4.76. The first-order valence-electron chi connectivity index (χ1n) is 16.7. The van der Waals surface area contributed by atoms with Gasteiger partial charge in [-0.1, -0.05) is 74.2 Å². The molecule has 1 heterocycles. The summed E-state index contributed by atoms with van der Waals surface area (Å²) < 4.78 is 2.07. The molecule has 3 N–H and O–H groups in total. The van der Waals surface area contributed by atoms with E-state index in [4.69, 9.17) is 5.11 Å². The van der Waals surface area contributed by atoms with Gasteiger partial charge in [0, 0.05) is 36.8 Å². The number of hydrogen-bond acceptors (Lipinski definition) is 4. The zero-order valence-electron chi connectivity index (χ0n) is 27.5. The third-order valence-corrected chi connectivity index (χ3v) is 9.80. The first-order valence-corrected chi connectivity index (χ1v) is 16.7. The van der Waals surface area contributed by atoms with Crippen molar-refractivity contribution in [3.8, 4) is 11.3 Å². The second kappa shape index (κ2) is 13.9. The zero-order valence-corrected chi connectivity index (χ0v) is 27.5. The van der Waals surface area contributed by atoms with E-state index in [2.05, 4.69) is 27.3 Å². The molecule has 9 heteroatoms. The third-order valence-electron chi connectivity index (χ3n) is 9.80. The fraction of sp³-hybridized carbons (Fsp3) is 0.333. The van der Waals surface area contributed by atoms with Crippen molar-refractivity contribution >= 4 is 46.4 Å². The maximum absolute atomic E-state index is 14.0. The van der Waals surface area contributed by atoms with Gasteiger partial charge < -0.3 is 25.2 Å². The second-order valence-corrected chi connectivity index (χ2v) is 13.2. The summed E-state index contributed by atoms with van der Waals surface area (Å²) in [5, 5.41) is 16.0. The lowest BCUT2D eigenvalue weighted by Crippen LogP contribution is -2.55. The van der Waals surface area contributed by atoms with E-state index in [1.54, 1.807) is 43.3 Å². The molecule has 0 radical (unpaired) electrons. The number of benzene rings is 3. The van der Waals surface area contributed by atoms with Crippen molar-refractivity contribution in [2.75, 3.05) is 19.4 Å². The SMILES string of the molecule is CN(C)C(=O)Cn1c(-c2ccccc2)c(C2CCCC2)c2ccc(C(=O)NC3(C(=O)Nc4ccc(/C=C/C(=O)O)cc4)CCCC3)cc21. The molecule has 9 nitrogen and oxygen atoms in total. The highest BCUT2D eigenvalue weighted by atomic mass is 16.4. The van der Waals surface area contributed by atoms with Crippen molar-refractivity contribution in [2.24, 2.45) is 0 Å². The molecule has 0 saturated heterocycles. The highest BCUT2D eigenvalue weighted by Crippen LogP contribution is 2.45. The molecular formula is C39H42N4O5. The Morgan fingerprint density at radius 3 is 2.25 bits per heavy atom. The second-order valence-electron chi connectivity index (χ2n) is 13.2. The number of nitrogens with zero attached hydrogens (tertiary/aromatic N) is 2. The van der Waals surface area contributed by atoms with Crippen LogP contribution < -0.4 is 10.6 Å². The third kappa shape index (κ3) is 6.76. The molecule has 0 bridgehead atoms. The summed E-state index contributed by atoms with van der Waals surface area (Å²) >= 11 is 0. The molecule has 4 aromatic rings. The van der Waals surface area contributed by atoms with E-state index in [-0.39, 0.29) is 24.3 Å². The largest absolute Gasteiger partial charge is 0.478 e. The van der Waals surface area contributed by atoms with E-state index in [0.717, 1.165) is 53.9 Å². The van der Waals surface area contributed by atoms with Gasteiger partial charge in [-0.3, -0.25) is 14.4 Å². The van der Waals surface area contributed by atoms with E-state index < -0.39 is 11.5 Å². The van der Waals surface area contributed by atoms with Crippen molar-refractivity contribution in [3.63, 3.8) is 0 Å². The number of hydrogen-bond donors (Lipinski definition) is 3. The number of fused-ring (bicyclic) bond motifs is 1. The van der Waals surface area contributed by atoms with Gasteiger partial charge in [-0.25, -0.2) is 4.79 Å². The number of carbonyl (C=O) groups is 4. The summed E-state index contributed by atoms with van der Waals surface area (Å²) in [6, 6.07) is 22.8. The average molecular weight is 647 g/mol. The molecule has 3 amide bonds. The molecule has 2 fully saturated rings. The van der Waals surface area contributed by atoms with Crippen LogP contribution in [0.25, 0.3) is 28.2 Å². The van der Waals surface area contributed by atoms with Gasteiger partial charge in [-0.05, 0) is 78.6 Å². The Bertz CT molecular complexity index is 1860. The summed E-state index contributed by atoms with van der Waals surface area (Å²) in [7, 11) is 3.51. The molecule has 6 rings (SSSR count). The maximum atomic E-state index is 14.0. The highest BCUT2D eigenvalue weighted by molar-refractivity contribution is 6.06. The minimum Gasteiger partial charge on any atom is -0.478 e. The lowest BCUT2D eigenvalue weighted by Gasteiger charge is -2.29. The van der Waals surface area contributed by atoms with Crippen LogP contribution >= 0.6 is 0 Å². The van der Waals surface area contributed by atoms with E-state index in [1.165, 1.54) is 24.5 Å². The van der Waals surface area contributed by atoms with Crippen LogP contribution in [-0.2, 0) is 20.9 Å². The average Bonchev–Trinajstić information content (AvgIpc) is 3.85. The van der Waals surface area contributed by atoms with Crippen LogP contribution in [0.4, 0.5) is 5.69 Å². The van der Waals surface area contributed by atoms with Crippen LogP contribution in [-0.4, -0.2) is 57.9 Å². The normalized spacial score (nSPS) is 16.0. The number of rotatable bonds is 10. The molecule has 248 valence electrons. The first kappa shape index (κ1) is 32.7. The summed E-state index contributed by atoms with van der Waals surface area (Å²) in [5.74, 6) is -1.32. The minimum atomic E-state index is -1.07. The van der Waals surface area contributed by atoms with Crippen LogP contribution in [0, 0.1) is 0 Å². The number of aromatic nitrogens is 1. The molecule has 1 aromatic heterocycles. The van der Waals surface area contributed by atoms with Crippen molar-refractivity contribution in [3.05, 3.63) is 95.6 Å². The predicted octanol–water partition coefficient (Wildman–Crippen LogP) is 6.83. The Kier molecular flexibility index (Phi) is 9.48. The number of likely N-dealkylation sites (N-methyl/N-ethyl adjacent to an activating group) is 1. The summed E-state index contributed by atoms with van der Waals surface area (Å²) in [6.07, 6.45) is 9.70. The molecule has 3 aromatic carbocycles. The maximum Gasteiger partial charge on any atom is 0.328 e. The topological polar surface area (TPSA) is 121 Å². The van der Waals surface area contributed by atoms with Gasteiger partial charge in [0.2, 0.25) is 11.8 Å². The molecule has 48 heavy (non-hydrogen) atoms. The van der Waals surface area contributed by atoms with Crippen LogP contribution in [0.15, 0.2) is 78.9 Å². The van der Waals surface area contributed by atoms with Crippen LogP contribution in [0.3, 0.4) is 0 Å². The Hall–Kier alpha value is -5.18. The Labute approximate surface area is 280 Å². The number of carboxylic acids is 1. The molecule has 2 aliphatic carbocycles. The van der Waals surface area contributed by atoms with Crippen LogP contribution in [0.5, 0.6) is 0 Å². The monoisotopic (exact) mass is 646 g/mol. The van der Waals surface area contributed by atoms with Crippen molar-refractivity contribution in [1.82, 2.24) is 14.8 Å². The number of anilines is 1. The number of carbonyl (C=O) groups excluding carboxylic acids is 3. The quantitative estimate of drug-likeness (QED) is 0.163. The summed E-state index contributed by atoms with van der Waals surface area (Å²) in [6.45, 7) is 0.142. The Balaban J connectivity index is 1.34. The fourth-order valence-electron chi connectivity index (χ4n) is 7.27. The molecule has 0 atom stereocenters. The number of amides is 3.